The van der Waals surface area contributed by atoms with Crippen LogP contribution in [-0.2, 0) is 15.7 Å². The first-order valence-corrected chi connectivity index (χ1v) is 10.4. The summed E-state index contributed by atoms with van der Waals surface area (Å²) in [5, 5.41) is 3.00. The number of morpholine rings is 1. The first-order chi connectivity index (χ1) is 13.7. The quantitative estimate of drug-likeness (QED) is 0.754. The Hall–Kier alpha value is -1.65. The average molecular weight is 450 g/mol. The summed E-state index contributed by atoms with van der Waals surface area (Å²) < 4.78 is 43.7. The number of alkyl halides is 3. The molecule has 3 saturated heterocycles. The number of amides is 3. The summed E-state index contributed by atoms with van der Waals surface area (Å²) in [4.78, 5) is 28.2. The standard InChI is InChI=1S/C18H19ClF3N3O3S/c19-12-5-10(18(20,21)22)1-2-15(12)29-11-6-25(7-11)17(27)24-4-3-14-13(8-24)23-16(26)9-28-14/h1-2,5,11,13-14H,3-4,6-9H2,(H,23,26)/t13-,14+/m1/s1. The van der Waals surface area contributed by atoms with Crippen LogP contribution in [0.5, 0.6) is 0 Å². The lowest BCUT2D eigenvalue weighted by Crippen LogP contribution is -2.64. The number of fused-ring (bicyclic) bond motifs is 1. The summed E-state index contributed by atoms with van der Waals surface area (Å²) in [5.74, 6) is -0.172. The van der Waals surface area contributed by atoms with E-state index in [0.29, 0.717) is 37.5 Å². The Labute approximate surface area is 174 Å². The van der Waals surface area contributed by atoms with E-state index in [1.807, 2.05) is 0 Å². The van der Waals surface area contributed by atoms with E-state index in [9.17, 15) is 22.8 Å². The molecule has 2 atom stereocenters. The number of carbonyl (C=O) groups excluding carboxylic acids is 2. The SMILES string of the molecule is O=C1CO[C@H]2CCN(C(=O)N3CC(Sc4ccc(C(F)(F)F)cc4Cl)C3)C[C@H]2N1. The highest BCUT2D eigenvalue weighted by molar-refractivity contribution is 8.00. The Bertz CT molecular complexity index is 819. The van der Waals surface area contributed by atoms with Gasteiger partial charge < -0.3 is 19.9 Å². The molecule has 158 valence electrons. The molecule has 3 amide bonds. The van der Waals surface area contributed by atoms with Crippen LogP contribution in [0.1, 0.15) is 12.0 Å². The first-order valence-electron chi connectivity index (χ1n) is 9.19. The molecule has 11 heteroatoms. The van der Waals surface area contributed by atoms with Crippen LogP contribution in [0.2, 0.25) is 5.02 Å². The zero-order valence-corrected chi connectivity index (χ0v) is 16.8. The fraction of sp³-hybridized carbons (Fsp3) is 0.556. The van der Waals surface area contributed by atoms with E-state index >= 15 is 0 Å². The molecular weight excluding hydrogens is 431 g/mol. The summed E-state index contributed by atoms with van der Waals surface area (Å²) in [7, 11) is 0. The summed E-state index contributed by atoms with van der Waals surface area (Å²) in [5.41, 5.74) is -0.778. The molecule has 0 unspecified atom stereocenters. The normalized spacial score (nSPS) is 25.3. The molecule has 0 radical (unpaired) electrons. The van der Waals surface area contributed by atoms with Crippen LogP contribution < -0.4 is 5.32 Å². The molecule has 0 aliphatic carbocycles. The Morgan fingerprint density at radius 1 is 1.24 bits per heavy atom. The molecule has 3 aliphatic heterocycles. The average Bonchev–Trinajstić information content (AvgIpc) is 2.63. The van der Waals surface area contributed by atoms with E-state index in [0.717, 1.165) is 12.1 Å². The highest BCUT2D eigenvalue weighted by atomic mass is 35.5. The number of likely N-dealkylation sites (tertiary alicyclic amines) is 2. The van der Waals surface area contributed by atoms with Crippen molar-refractivity contribution in [2.24, 2.45) is 0 Å². The second-order valence-electron chi connectivity index (χ2n) is 7.33. The fourth-order valence-electron chi connectivity index (χ4n) is 3.69. The predicted octanol–water partition coefficient (Wildman–Crippen LogP) is 2.84. The van der Waals surface area contributed by atoms with E-state index in [1.165, 1.54) is 17.8 Å². The number of halogens is 4. The lowest BCUT2D eigenvalue weighted by Gasteiger charge is -2.46. The predicted molar refractivity (Wildman–Crippen MR) is 101 cm³/mol. The Morgan fingerprint density at radius 2 is 2.00 bits per heavy atom. The van der Waals surface area contributed by atoms with Crippen LogP contribution in [0.3, 0.4) is 0 Å². The second kappa shape index (κ2) is 7.88. The van der Waals surface area contributed by atoms with E-state index in [4.69, 9.17) is 16.3 Å². The number of thioether (sulfide) groups is 1. The minimum Gasteiger partial charge on any atom is -0.366 e. The van der Waals surface area contributed by atoms with Crippen molar-refractivity contribution < 1.29 is 27.5 Å². The third-order valence-electron chi connectivity index (χ3n) is 5.27. The third kappa shape index (κ3) is 4.44. The second-order valence-corrected chi connectivity index (χ2v) is 9.08. The lowest BCUT2D eigenvalue weighted by atomic mass is 10.0. The number of nitrogens with one attached hydrogen (secondary N) is 1. The van der Waals surface area contributed by atoms with E-state index in [-0.39, 0.29) is 41.0 Å². The maximum atomic E-state index is 12.7. The number of hydrogen-bond donors (Lipinski definition) is 1. The van der Waals surface area contributed by atoms with Crippen LogP contribution in [0, 0.1) is 0 Å². The molecule has 4 rings (SSSR count). The van der Waals surface area contributed by atoms with Gasteiger partial charge in [-0.05, 0) is 24.6 Å². The van der Waals surface area contributed by atoms with Crippen LogP contribution in [0.15, 0.2) is 23.1 Å². The summed E-state index contributed by atoms with van der Waals surface area (Å²) >= 11 is 7.38. The largest absolute Gasteiger partial charge is 0.416 e. The van der Waals surface area contributed by atoms with Crippen molar-refractivity contribution in [2.75, 3.05) is 32.8 Å². The minimum absolute atomic E-state index is 0.0572. The van der Waals surface area contributed by atoms with Crippen molar-refractivity contribution in [3.63, 3.8) is 0 Å². The molecular formula is C18H19ClF3N3O3S. The molecule has 0 spiro atoms. The van der Waals surface area contributed by atoms with Crippen LogP contribution >= 0.6 is 23.4 Å². The van der Waals surface area contributed by atoms with Gasteiger partial charge in [0.05, 0.1) is 22.7 Å². The molecule has 29 heavy (non-hydrogen) atoms. The molecule has 0 bridgehead atoms. The maximum absolute atomic E-state index is 12.7. The van der Waals surface area contributed by atoms with Gasteiger partial charge >= 0.3 is 12.2 Å². The topological polar surface area (TPSA) is 61.9 Å². The van der Waals surface area contributed by atoms with Crippen molar-refractivity contribution in [3.8, 4) is 0 Å². The number of hydrogen-bond acceptors (Lipinski definition) is 4. The number of urea groups is 1. The molecule has 1 aromatic carbocycles. The highest BCUT2D eigenvalue weighted by Gasteiger charge is 2.40. The molecule has 6 nitrogen and oxygen atoms in total. The number of carbonyl (C=O) groups is 2. The van der Waals surface area contributed by atoms with Gasteiger partial charge in [-0.1, -0.05) is 11.6 Å². The summed E-state index contributed by atoms with van der Waals surface area (Å²) in [6.07, 6.45) is -3.81. The third-order valence-corrected chi connectivity index (χ3v) is 6.93. The fourth-order valence-corrected chi connectivity index (χ4v) is 5.20. The van der Waals surface area contributed by atoms with Crippen molar-refractivity contribution >= 4 is 35.3 Å². The van der Waals surface area contributed by atoms with Gasteiger partial charge in [0.15, 0.2) is 0 Å². The Kier molecular flexibility index (Phi) is 5.60. The highest BCUT2D eigenvalue weighted by Crippen LogP contribution is 2.38. The van der Waals surface area contributed by atoms with Crippen molar-refractivity contribution in [1.29, 1.82) is 0 Å². The monoisotopic (exact) mass is 449 g/mol. The zero-order valence-electron chi connectivity index (χ0n) is 15.2. The van der Waals surface area contributed by atoms with Crippen LogP contribution in [-0.4, -0.2) is 71.9 Å². The number of piperidine rings is 1. The maximum Gasteiger partial charge on any atom is 0.416 e. The van der Waals surface area contributed by atoms with E-state index in [1.54, 1.807) is 9.80 Å². The molecule has 0 saturated carbocycles. The van der Waals surface area contributed by atoms with Gasteiger partial charge in [-0.3, -0.25) is 4.79 Å². The van der Waals surface area contributed by atoms with Gasteiger partial charge in [-0.25, -0.2) is 4.79 Å². The molecule has 3 fully saturated rings. The molecule has 3 aliphatic rings. The number of benzene rings is 1. The van der Waals surface area contributed by atoms with Crippen molar-refractivity contribution in [1.82, 2.24) is 15.1 Å². The van der Waals surface area contributed by atoms with Gasteiger partial charge in [0.25, 0.3) is 0 Å². The van der Waals surface area contributed by atoms with Gasteiger partial charge in [-0.15, -0.1) is 11.8 Å². The van der Waals surface area contributed by atoms with Crippen LogP contribution in [0.25, 0.3) is 0 Å². The van der Waals surface area contributed by atoms with E-state index < -0.39 is 11.7 Å². The Morgan fingerprint density at radius 3 is 2.69 bits per heavy atom. The minimum atomic E-state index is -4.43. The van der Waals surface area contributed by atoms with Gasteiger partial charge in [0, 0.05) is 36.3 Å². The number of rotatable bonds is 2. The number of ether oxygens (including phenoxy) is 1. The zero-order chi connectivity index (χ0) is 20.8. The van der Waals surface area contributed by atoms with Crippen molar-refractivity contribution in [2.45, 2.75) is 34.9 Å². The summed E-state index contributed by atoms with van der Waals surface area (Å²) in [6.45, 7) is 2.03. The summed E-state index contributed by atoms with van der Waals surface area (Å²) in [6, 6.07) is 3.03. The smallest absolute Gasteiger partial charge is 0.366 e. The molecule has 1 N–H and O–H groups in total. The van der Waals surface area contributed by atoms with Crippen LogP contribution in [0.4, 0.5) is 18.0 Å². The van der Waals surface area contributed by atoms with Gasteiger partial charge in [-0.2, -0.15) is 13.2 Å². The first kappa shape index (κ1) is 20.6. The van der Waals surface area contributed by atoms with Gasteiger partial charge in [0.1, 0.15) is 6.61 Å². The number of nitrogens with zero attached hydrogens (tertiary/aromatic N) is 2. The lowest BCUT2D eigenvalue weighted by molar-refractivity contribution is -0.140. The molecule has 1 aromatic rings. The van der Waals surface area contributed by atoms with E-state index in [2.05, 4.69) is 5.32 Å². The van der Waals surface area contributed by atoms with Gasteiger partial charge in [0.2, 0.25) is 5.91 Å². The molecule has 3 heterocycles. The molecule has 0 aromatic heterocycles. The van der Waals surface area contributed by atoms with Crippen molar-refractivity contribution in [3.05, 3.63) is 28.8 Å². The Balaban J connectivity index is 1.29.